The van der Waals surface area contributed by atoms with Crippen LogP contribution in [0.15, 0.2) is 23.9 Å². The van der Waals surface area contributed by atoms with Gasteiger partial charge in [0, 0.05) is 29.6 Å². The first kappa shape index (κ1) is 21.2. The fourth-order valence-corrected chi connectivity index (χ4v) is 5.76. The fourth-order valence-electron chi connectivity index (χ4n) is 4.32. The number of thioether (sulfide) groups is 1. The Kier molecular flexibility index (Phi) is 5.76. The first-order valence-corrected chi connectivity index (χ1v) is 13.5. The smallest absolute Gasteiger partial charge is 0.236 e. The van der Waals surface area contributed by atoms with Crippen LogP contribution in [0.2, 0.25) is 0 Å². The lowest BCUT2D eigenvalue weighted by Gasteiger charge is -2.28. The maximum absolute atomic E-state index is 11.3. The van der Waals surface area contributed by atoms with Crippen molar-refractivity contribution in [1.29, 1.82) is 0 Å². The van der Waals surface area contributed by atoms with Crippen molar-refractivity contribution < 1.29 is 8.42 Å². The highest BCUT2D eigenvalue weighted by Crippen LogP contribution is 2.36. The molecule has 0 atom stereocenters. The van der Waals surface area contributed by atoms with Crippen LogP contribution in [-0.4, -0.2) is 61.9 Å². The van der Waals surface area contributed by atoms with Crippen LogP contribution in [0.25, 0.3) is 11.3 Å². The molecule has 0 spiro atoms. The van der Waals surface area contributed by atoms with Gasteiger partial charge in [0.1, 0.15) is 12.1 Å². The van der Waals surface area contributed by atoms with Crippen molar-refractivity contribution in [3.63, 3.8) is 0 Å². The molecular formula is C19H25N9O2S2. The summed E-state index contributed by atoms with van der Waals surface area (Å²) in [6, 6.07) is 0.397. The molecule has 2 aliphatic rings. The molecule has 0 unspecified atom stereocenters. The van der Waals surface area contributed by atoms with Crippen LogP contribution >= 0.6 is 11.8 Å². The van der Waals surface area contributed by atoms with E-state index in [9.17, 15) is 8.42 Å². The highest BCUT2D eigenvalue weighted by Gasteiger charge is 2.25. The van der Waals surface area contributed by atoms with Crippen molar-refractivity contribution in [2.75, 3.05) is 28.6 Å². The van der Waals surface area contributed by atoms with Crippen LogP contribution in [0.5, 0.6) is 0 Å². The number of rotatable bonds is 7. The van der Waals surface area contributed by atoms with E-state index < -0.39 is 10.0 Å². The highest BCUT2D eigenvalue weighted by atomic mass is 32.2. The number of H-pyrrole nitrogens is 1. The van der Waals surface area contributed by atoms with E-state index in [0.717, 1.165) is 67.7 Å². The number of hydrogen-bond acceptors (Lipinski definition) is 9. The molecule has 1 aliphatic heterocycles. The number of hydrogen-bond donors (Lipinski definition) is 3. The Morgan fingerprint density at radius 3 is 2.88 bits per heavy atom. The van der Waals surface area contributed by atoms with Gasteiger partial charge in [-0.25, -0.2) is 18.4 Å². The normalized spacial score (nSPS) is 20.7. The quantitative estimate of drug-likeness (QED) is 0.439. The Morgan fingerprint density at radius 2 is 2.06 bits per heavy atom. The molecule has 1 aliphatic carbocycles. The zero-order chi connectivity index (χ0) is 22.1. The molecule has 4 heterocycles. The Bertz CT molecular complexity index is 1200. The molecule has 13 heteroatoms. The van der Waals surface area contributed by atoms with Gasteiger partial charge in [-0.2, -0.15) is 5.10 Å². The minimum absolute atomic E-state index is 0.151. The lowest BCUT2D eigenvalue weighted by Crippen LogP contribution is -2.19. The van der Waals surface area contributed by atoms with E-state index in [1.54, 1.807) is 18.1 Å². The fraction of sp³-hybridized carbons (Fsp3) is 0.526. The van der Waals surface area contributed by atoms with E-state index in [2.05, 4.69) is 51.2 Å². The van der Waals surface area contributed by atoms with Gasteiger partial charge < -0.3 is 10.3 Å². The molecule has 3 aromatic rings. The molecule has 11 nitrogen and oxygen atoms in total. The second-order valence-electron chi connectivity index (χ2n) is 8.27. The summed E-state index contributed by atoms with van der Waals surface area (Å²) in [5, 5.41) is 16.4. The van der Waals surface area contributed by atoms with Crippen LogP contribution in [0.3, 0.4) is 0 Å². The number of anilines is 2. The van der Waals surface area contributed by atoms with Crippen molar-refractivity contribution in [2.24, 2.45) is 5.92 Å². The second-order valence-corrected chi connectivity index (χ2v) is 11.0. The molecule has 3 N–H and O–H groups in total. The number of aromatic amines is 1. The van der Waals surface area contributed by atoms with Crippen LogP contribution in [0, 0.1) is 5.92 Å². The zero-order valence-electron chi connectivity index (χ0n) is 17.7. The number of sulfonamides is 1. The monoisotopic (exact) mass is 475 g/mol. The van der Waals surface area contributed by atoms with Gasteiger partial charge in [-0.05, 0) is 38.0 Å². The summed E-state index contributed by atoms with van der Waals surface area (Å²) >= 11 is 1.58. The standard InChI is InChI=1S/C19H25N9O2S2/c1-32(29,30)27-18-24-19(26-25-18)31-10-12-2-4-14(5-3-12)28-9-13(8-23-28)16-15-6-7-20-17(15)22-11-21-16/h8-9,11-12,14H,2-7,10H2,1H3,(H,20,21,22)(H2,24,25,26,27)/t12-,14+. The molecule has 1 fully saturated rings. The number of aromatic nitrogens is 7. The van der Waals surface area contributed by atoms with Crippen LogP contribution < -0.4 is 10.0 Å². The molecule has 32 heavy (non-hydrogen) atoms. The third kappa shape index (κ3) is 4.72. The number of fused-ring (bicyclic) bond motifs is 1. The third-order valence-corrected chi connectivity index (χ3v) is 7.54. The maximum atomic E-state index is 11.3. The van der Waals surface area contributed by atoms with Crippen LogP contribution in [0.4, 0.5) is 11.8 Å². The number of nitrogens with one attached hydrogen (secondary N) is 3. The van der Waals surface area contributed by atoms with E-state index in [-0.39, 0.29) is 5.95 Å². The predicted molar refractivity (Wildman–Crippen MR) is 122 cm³/mol. The van der Waals surface area contributed by atoms with E-state index in [4.69, 9.17) is 0 Å². The first-order valence-electron chi connectivity index (χ1n) is 10.6. The predicted octanol–water partition coefficient (Wildman–Crippen LogP) is 2.32. The lowest BCUT2D eigenvalue weighted by atomic mass is 9.87. The van der Waals surface area contributed by atoms with Crippen LogP contribution in [-0.2, 0) is 16.4 Å². The average molecular weight is 476 g/mol. The largest absolute Gasteiger partial charge is 0.369 e. The Hall–Kier alpha value is -2.67. The maximum Gasteiger partial charge on any atom is 0.236 e. The van der Waals surface area contributed by atoms with Crippen molar-refractivity contribution in [3.8, 4) is 11.3 Å². The zero-order valence-corrected chi connectivity index (χ0v) is 19.3. The lowest BCUT2D eigenvalue weighted by molar-refractivity contribution is 0.277. The summed E-state index contributed by atoms with van der Waals surface area (Å²) in [7, 11) is -3.36. The average Bonchev–Trinajstić information content (AvgIpc) is 3.52. The molecule has 3 aromatic heterocycles. The summed E-state index contributed by atoms with van der Waals surface area (Å²) in [6.07, 6.45) is 12.0. The Morgan fingerprint density at radius 1 is 1.22 bits per heavy atom. The molecule has 0 radical (unpaired) electrons. The molecule has 0 aromatic carbocycles. The van der Waals surface area contributed by atoms with Gasteiger partial charge in [-0.3, -0.25) is 9.40 Å². The molecule has 0 saturated heterocycles. The van der Waals surface area contributed by atoms with Gasteiger partial charge in [0.15, 0.2) is 5.16 Å². The summed E-state index contributed by atoms with van der Waals surface area (Å²) in [5.74, 6) is 2.59. The van der Waals surface area contributed by atoms with Gasteiger partial charge in [0.25, 0.3) is 0 Å². The van der Waals surface area contributed by atoms with E-state index in [1.165, 1.54) is 5.56 Å². The summed E-state index contributed by atoms with van der Waals surface area (Å²) in [5.41, 5.74) is 3.21. The van der Waals surface area contributed by atoms with Crippen molar-refractivity contribution in [2.45, 2.75) is 43.3 Å². The molecular weight excluding hydrogens is 450 g/mol. The van der Waals surface area contributed by atoms with Gasteiger partial charge >= 0.3 is 0 Å². The summed E-state index contributed by atoms with van der Waals surface area (Å²) in [4.78, 5) is 11.7. The van der Waals surface area contributed by atoms with Gasteiger partial charge in [0.2, 0.25) is 16.0 Å². The third-order valence-electron chi connectivity index (χ3n) is 5.88. The topological polar surface area (TPSA) is 143 Å². The highest BCUT2D eigenvalue weighted by molar-refractivity contribution is 7.99. The second kappa shape index (κ2) is 8.70. The van der Waals surface area contributed by atoms with Gasteiger partial charge in [0.05, 0.1) is 24.2 Å². The molecule has 5 rings (SSSR count). The molecule has 0 bridgehead atoms. The summed E-state index contributed by atoms with van der Waals surface area (Å²) < 4.78 is 26.9. The van der Waals surface area contributed by atoms with Crippen molar-refractivity contribution in [3.05, 3.63) is 24.3 Å². The Labute approximate surface area is 190 Å². The molecule has 1 saturated carbocycles. The van der Waals surface area contributed by atoms with E-state index in [1.807, 2.05) is 6.20 Å². The Balaban J connectivity index is 1.15. The minimum Gasteiger partial charge on any atom is -0.369 e. The minimum atomic E-state index is -3.36. The van der Waals surface area contributed by atoms with E-state index in [0.29, 0.717) is 17.1 Å². The first-order chi connectivity index (χ1) is 15.4. The molecule has 170 valence electrons. The number of nitrogens with zero attached hydrogens (tertiary/aromatic N) is 6. The SMILES string of the molecule is CS(=O)(=O)Nc1nnc(SC[C@H]2CC[C@@H](n3cc(-c4ncnc5c4CCN5)cn3)CC2)[nH]1. The van der Waals surface area contributed by atoms with Gasteiger partial charge in [-0.15, -0.1) is 10.2 Å². The van der Waals surface area contributed by atoms with E-state index >= 15 is 0 Å². The summed E-state index contributed by atoms with van der Waals surface area (Å²) in [6.45, 7) is 0.904. The molecule has 0 amide bonds. The van der Waals surface area contributed by atoms with Crippen molar-refractivity contribution in [1.82, 2.24) is 34.9 Å². The van der Waals surface area contributed by atoms with Crippen molar-refractivity contribution >= 4 is 33.6 Å². The van der Waals surface area contributed by atoms with Crippen LogP contribution in [0.1, 0.15) is 37.3 Å². The van der Waals surface area contributed by atoms with Gasteiger partial charge in [-0.1, -0.05) is 11.8 Å².